The van der Waals surface area contributed by atoms with Gasteiger partial charge in [-0.25, -0.2) is 0 Å². The first kappa shape index (κ1) is 42.7. The van der Waals surface area contributed by atoms with Crippen molar-refractivity contribution in [2.75, 3.05) is 9.80 Å². The second kappa shape index (κ2) is 15.3. The van der Waals surface area contributed by atoms with E-state index in [0.717, 1.165) is 122 Å². The third-order valence-corrected chi connectivity index (χ3v) is 15.6. The Morgan fingerprint density at radius 3 is 1.45 bits per heavy atom. The Balaban J connectivity index is 0.925. The first-order valence-corrected chi connectivity index (χ1v) is 25.6. The van der Waals surface area contributed by atoms with E-state index in [2.05, 4.69) is 244 Å². The summed E-state index contributed by atoms with van der Waals surface area (Å²) in [7, 11) is 0. The van der Waals surface area contributed by atoms with Gasteiger partial charge in [0.15, 0.2) is 11.2 Å². The monoisotopic (exact) mass is 957 g/mol. The molecule has 0 radical (unpaired) electrons. The number of para-hydroxylation sites is 5. The lowest BCUT2D eigenvalue weighted by Crippen LogP contribution is -2.13. The van der Waals surface area contributed by atoms with Gasteiger partial charge in [-0.3, -0.25) is 4.40 Å². The predicted molar refractivity (Wildman–Crippen MR) is 310 cm³/mol. The molecule has 10 aromatic carbocycles. The van der Waals surface area contributed by atoms with Crippen LogP contribution in [0.15, 0.2) is 213 Å². The molecular weight excluding hydrogens is 907 g/mol. The summed E-state index contributed by atoms with van der Waals surface area (Å²) < 4.78 is 22.9. The molecule has 0 N–H and O–H groups in total. The highest BCUT2D eigenvalue weighted by molar-refractivity contribution is 6.29. The zero-order valence-corrected chi connectivity index (χ0v) is 42.1. The molecular formula is C68H51N3O3. The van der Waals surface area contributed by atoms with Crippen molar-refractivity contribution >= 4 is 138 Å². The maximum Gasteiger partial charge on any atom is 0.213 e. The largest absolute Gasteiger partial charge is 0.454 e. The quantitative estimate of drug-likeness (QED) is 0.166. The normalized spacial score (nSPS) is 12.7. The minimum Gasteiger partial charge on any atom is -0.454 e. The molecule has 0 amide bonds. The summed E-state index contributed by atoms with van der Waals surface area (Å²) in [5, 5.41) is 12.3. The second-order valence-electron chi connectivity index (χ2n) is 22.2. The topological polar surface area (TPSA) is 50.3 Å². The summed E-state index contributed by atoms with van der Waals surface area (Å²) in [4.78, 5) is 4.69. The van der Waals surface area contributed by atoms with Crippen molar-refractivity contribution in [2.45, 2.75) is 52.4 Å². The average molecular weight is 958 g/mol. The van der Waals surface area contributed by atoms with Gasteiger partial charge in [0.05, 0.1) is 27.8 Å². The maximum absolute atomic E-state index is 7.11. The van der Waals surface area contributed by atoms with Crippen LogP contribution in [-0.2, 0) is 10.8 Å². The number of hydrogen-bond acceptors (Lipinski definition) is 5. The van der Waals surface area contributed by atoms with E-state index in [0.29, 0.717) is 0 Å². The number of furan rings is 3. The smallest absolute Gasteiger partial charge is 0.213 e. The molecule has 5 heterocycles. The molecule has 74 heavy (non-hydrogen) atoms. The number of aromatic nitrogens is 1. The first-order chi connectivity index (χ1) is 35.9. The highest BCUT2D eigenvalue weighted by Gasteiger charge is 2.27. The van der Waals surface area contributed by atoms with E-state index >= 15 is 0 Å². The van der Waals surface area contributed by atoms with Gasteiger partial charge in [0.2, 0.25) is 5.71 Å². The Kier molecular flexibility index (Phi) is 8.80. The maximum atomic E-state index is 7.11. The third-order valence-electron chi connectivity index (χ3n) is 15.6. The molecule has 0 bridgehead atoms. The van der Waals surface area contributed by atoms with Gasteiger partial charge in [-0.2, -0.15) is 0 Å². The lowest BCUT2D eigenvalue weighted by molar-refractivity contribution is 0.590. The van der Waals surface area contributed by atoms with Crippen LogP contribution in [0.2, 0.25) is 0 Å². The van der Waals surface area contributed by atoms with E-state index < -0.39 is 0 Å². The molecule has 15 rings (SSSR count). The van der Waals surface area contributed by atoms with Gasteiger partial charge in [0, 0.05) is 65.8 Å². The number of rotatable bonds is 6. The zero-order valence-electron chi connectivity index (χ0n) is 42.1. The number of benzene rings is 10. The average Bonchev–Trinajstić information content (AvgIpc) is 4.23. The van der Waals surface area contributed by atoms with Gasteiger partial charge in [0.25, 0.3) is 0 Å². The fraction of sp³-hybridized carbons (Fsp3) is 0.118. The lowest BCUT2D eigenvalue weighted by Gasteiger charge is -2.27. The SMILES string of the molecule is CC(C)(C)c1ccc(N(c2ccc3cc4oc5c(c4cc3c2)c2cccc3c4ccc(N(c6ccc(C(C)(C)C)cc6)c6cccc7c6oc6ccccc67)cc4n5c32)c2cccc3c2oc2ccccc23)cc1. The molecule has 15 aromatic rings. The number of anilines is 6. The molecule has 0 aliphatic heterocycles. The van der Waals surface area contributed by atoms with Gasteiger partial charge in [0.1, 0.15) is 16.7 Å². The molecule has 0 saturated heterocycles. The molecule has 0 atom stereocenters. The van der Waals surface area contributed by atoms with E-state index in [1.54, 1.807) is 0 Å². The van der Waals surface area contributed by atoms with Crippen LogP contribution in [0, 0.1) is 0 Å². The van der Waals surface area contributed by atoms with Crippen LogP contribution in [0.25, 0.3) is 104 Å². The third kappa shape index (κ3) is 6.24. The van der Waals surface area contributed by atoms with E-state index in [1.165, 1.54) is 27.3 Å². The van der Waals surface area contributed by atoms with Gasteiger partial charge >= 0.3 is 0 Å². The molecule has 0 spiro atoms. The summed E-state index contributed by atoms with van der Waals surface area (Å²) in [6, 6.07) is 72.4. The van der Waals surface area contributed by atoms with Crippen molar-refractivity contribution in [3.05, 3.63) is 211 Å². The molecule has 0 unspecified atom stereocenters. The van der Waals surface area contributed by atoms with Gasteiger partial charge in [-0.15, -0.1) is 0 Å². The summed E-state index contributed by atoms with van der Waals surface area (Å²) >= 11 is 0. The van der Waals surface area contributed by atoms with Crippen molar-refractivity contribution in [3.63, 3.8) is 0 Å². The number of nitrogens with zero attached hydrogens (tertiary/aromatic N) is 3. The van der Waals surface area contributed by atoms with Crippen LogP contribution in [0.3, 0.4) is 0 Å². The molecule has 0 aliphatic carbocycles. The van der Waals surface area contributed by atoms with Crippen LogP contribution < -0.4 is 9.80 Å². The number of hydrogen-bond donors (Lipinski definition) is 0. The van der Waals surface area contributed by atoms with Crippen molar-refractivity contribution < 1.29 is 13.3 Å². The summed E-state index contributed by atoms with van der Waals surface area (Å²) in [6.45, 7) is 13.6. The van der Waals surface area contributed by atoms with Gasteiger partial charge in [-0.05, 0) is 118 Å². The Hall–Kier alpha value is -9.00. The van der Waals surface area contributed by atoms with Crippen LogP contribution in [-0.4, -0.2) is 4.40 Å². The second-order valence-corrected chi connectivity index (χ2v) is 22.2. The first-order valence-electron chi connectivity index (χ1n) is 25.6. The van der Waals surface area contributed by atoms with Gasteiger partial charge in [-0.1, -0.05) is 157 Å². The standard InChI is InChI=1S/C68H51N3O3/c1-67(2,3)42-25-30-44(31-26-42)69(56-20-12-17-52-49-14-7-9-22-59(49)72-64(52)56)46-29-24-40-38-61-55(37-41(40)36-46)62-54-19-11-16-51-48-35-34-47(39-58(48)71(63(51)54)66(62)74-61)70(45-32-27-43(28-33-45)68(4,5)6)57-21-13-18-53-50-15-8-10-23-60(50)73-65(53)57/h7-39H,1-6H3. The van der Waals surface area contributed by atoms with E-state index in [9.17, 15) is 0 Å². The molecule has 0 aliphatic rings. The van der Waals surface area contributed by atoms with Crippen molar-refractivity contribution in [3.8, 4) is 0 Å². The summed E-state index contributed by atoms with van der Waals surface area (Å²) in [5.74, 6) is 0. The van der Waals surface area contributed by atoms with E-state index in [4.69, 9.17) is 13.3 Å². The van der Waals surface area contributed by atoms with Crippen molar-refractivity contribution in [1.82, 2.24) is 4.40 Å². The fourth-order valence-electron chi connectivity index (χ4n) is 11.9. The minimum absolute atomic E-state index is 0.0119. The van der Waals surface area contributed by atoms with Crippen LogP contribution in [0.5, 0.6) is 0 Å². The Morgan fingerprint density at radius 2 is 0.851 bits per heavy atom. The summed E-state index contributed by atoms with van der Waals surface area (Å²) in [5.41, 5.74) is 16.1. The van der Waals surface area contributed by atoms with Crippen LogP contribution >= 0.6 is 0 Å². The lowest BCUT2D eigenvalue weighted by atomic mass is 9.87. The van der Waals surface area contributed by atoms with Crippen LogP contribution in [0.1, 0.15) is 52.7 Å². The predicted octanol–water partition coefficient (Wildman–Crippen LogP) is 20.1. The zero-order chi connectivity index (χ0) is 49.8. The van der Waals surface area contributed by atoms with E-state index in [1.807, 2.05) is 12.1 Å². The molecule has 356 valence electrons. The molecule has 0 fully saturated rings. The molecule has 0 saturated carbocycles. The van der Waals surface area contributed by atoms with Crippen LogP contribution in [0.4, 0.5) is 34.1 Å². The Labute approximate surface area is 427 Å². The minimum atomic E-state index is 0.0119. The van der Waals surface area contributed by atoms with Crippen molar-refractivity contribution in [1.29, 1.82) is 0 Å². The summed E-state index contributed by atoms with van der Waals surface area (Å²) in [6.07, 6.45) is 0. The molecule has 6 heteroatoms. The van der Waals surface area contributed by atoms with Crippen molar-refractivity contribution in [2.24, 2.45) is 0 Å². The Morgan fingerprint density at radius 1 is 0.351 bits per heavy atom. The molecule has 6 nitrogen and oxygen atoms in total. The van der Waals surface area contributed by atoms with Gasteiger partial charge < -0.3 is 23.1 Å². The fourth-order valence-corrected chi connectivity index (χ4v) is 11.9. The van der Waals surface area contributed by atoms with E-state index in [-0.39, 0.29) is 10.8 Å². The highest BCUT2D eigenvalue weighted by Crippen LogP contribution is 2.49. The highest BCUT2D eigenvalue weighted by atomic mass is 16.3. The Bertz CT molecular complexity index is 4740. The molecule has 5 aromatic heterocycles. The number of fused-ring (bicyclic) bond motifs is 15.